The number of likely N-dealkylation sites (tertiary alicyclic amines) is 1. The van der Waals surface area contributed by atoms with Gasteiger partial charge in [0.15, 0.2) is 6.29 Å². The van der Waals surface area contributed by atoms with E-state index in [0.717, 1.165) is 25.9 Å². The smallest absolute Gasteiger partial charge is 0.319 e. The van der Waals surface area contributed by atoms with Crippen molar-refractivity contribution >= 4 is 11.7 Å². The molecule has 3 fully saturated rings. The molecule has 0 spiro atoms. The third kappa shape index (κ3) is 3.37. The molecule has 1 aromatic rings. The number of aliphatic hydroxyl groups is 1. The van der Waals surface area contributed by atoms with Gasteiger partial charge < -0.3 is 30.0 Å². The molecule has 2 bridgehead atoms. The second-order valence-electron chi connectivity index (χ2n) is 6.96. The van der Waals surface area contributed by atoms with Crippen LogP contribution >= 0.6 is 0 Å². The number of nitrogens with zero attached hydrogens (tertiary/aromatic N) is 1. The van der Waals surface area contributed by atoms with Crippen LogP contribution in [0.3, 0.4) is 0 Å². The minimum atomic E-state index is -0.740. The number of hydrogen-bond donors (Lipinski definition) is 3. The number of aliphatic hydroxyl groups excluding tert-OH is 1. The van der Waals surface area contributed by atoms with Gasteiger partial charge in [-0.3, -0.25) is 4.90 Å². The number of hydrogen-bond acceptors (Lipinski definition) is 6. The van der Waals surface area contributed by atoms with Crippen LogP contribution in [0.25, 0.3) is 0 Å². The fourth-order valence-electron chi connectivity index (χ4n) is 4.03. The molecule has 0 unspecified atom stereocenters. The summed E-state index contributed by atoms with van der Waals surface area (Å²) >= 11 is 0. The standard InChI is InChI=1S/C18H25N3O5/c1-24-12-6-4-5-11(9-12)19-18(23)20-14-13-10-25-17(26-13)15(16(14)22)21-7-2-3-8-21/h4-6,9,13-17,22H,2-3,7-8,10H2,1H3,(H2,19,20,23)/t13-,14-,15+,16-,17+/m0/s1. The van der Waals surface area contributed by atoms with Crippen LogP contribution in [-0.4, -0.2) is 73.4 Å². The largest absolute Gasteiger partial charge is 0.497 e. The van der Waals surface area contributed by atoms with Crippen LogP contribution in [0, 0.1) is 0 Å². The molecule has 1 aromatic carbocycles. The van der Waals surface area contributed by atoms with E-state index >= 15 is 0 Å². The van der Waals surface area contributed by atoms with Gasteiger partial charge in [0.1, 0.15) is 11.9 Å². The molecule has 4 rings (SSSR count). The Kier molecular flexibility index (Phi) is 4.99. The summed E-state index contributed by atoms with van der Waals surface area (Å²) in [6, 6.07) is 5.94. The van der Waals surface area contributed by atoms with Gasteiger partial charge in [-0.15, -0.1) is 0 Å². The summed E-state index contributed by atoms with van der Waals surface area (Å²) in [6.45, 7) is 2.20. The molecule has 3 heterocycles. The lowest BCUT2D eigenvalue weighted by molar-refractivity contribution is -0.177. The molecular weight excluding hydrogens is 338 g/mol. The van der Waals surface area contributed by atoms with E-state index in [-0.39, 0.29) is 12.1 Å². The first-order chi connectivity index (χ1) is 12.7. The molecule has 26 heavy (non-hydrogen) atoms. The molecule has 0 aliphatic carbocycles. The Morgan fingerprint density at radius 2 is 2.15 bits per heavy atom. The number of amides is 2. The minimum absolute atomic E-state index is 0.252. The second-order valence-corrected chi connectivity index (χ2v) is 6.96. The van der Waals surface area contributed by atoms with Crippen LogP contribution in [0.5, 0.6) is 5.75 Å². The third-order valence-electron chi connectivity index (χ3n) is 5.32. The number of nitrogens with one attached hydrogen (secondary N) is 2. The van der Waals surface area contributed by atoms with Crippen molar-refractivity contribution in [1.82, 2.24) is 10.2 Å². The van der Waals surface area contributed by atoms with Gasteiger partial charge in [-0.05, 0) is 38.1 Å². The maximum Gasteiger partial charge on any atom is 0.319 e. The van der Waals surface area contributed by atoms with Crippen molar-refractivity contribution in [2.45, 2.75) is 43.4 Å². The summed E-state index contributed by atoms with van der Waals surface area (Å²) in [6.07, 6.45) is 0.703. The van der Waals surface area contributed by atoms with Crippen molar-refractivity contribution in [2.75, 3.05) is 32.1 Å². The maximum absolute atomic E-state index is 12.4. The Morgan fingerprint density at radius 1 is 1.35 bits per heavy atom. The van der Waals surface area contributed by atoms with Crippen LogP contribution < -0.4 is 15.4 Å². The molecule has 0 aromatic heterocycles. The fraction of sp³-hybridized carbons (Fsp3) is 0.611. The number of methoxy groups -OCH3 is 1. The van der Waals surface area contributed by atoms with E-state index in [2.05, 4.69) is 15.5 Å². The van der Waals surface area contributed by atoms with E-state index in [9.17, 15) is 9.90 Å². The third-order valence-corrected chi connectivity index (χ3v) is 5.32. The number of fused-ring (bicyclic) bond motifs is 2. The van der Waals surface area contributed by atoms with Crippen molar-refractivity contribution in [2.24, 2.45) is 0 Å². The number of ether oxygens (including phenoxy) is 3. The average molecular weight is 363 g/mol. The van der Waals surface area contributed by atoms with Crippen molar-refractivity contribution in [1.29, 1.82) is 0 Å². The van der Waals surface area contributed by atoms with Crippen molar-refractivity contribution in [3.05, 3.63) is 24.3 Å². The Hall–Kier alpha value is -1.87. The number of anilines is 1. The summed E-state index contributed by atoms with van der Waals surface area (Å²) in [5.74, 6) is 0.657. The van der Waals surface area contributed by atoms with E-state index < -0.39 is 24.5 Å². The highest BCUT2D eigenvalue weighted by atomic mass is 16.7. The first kappa shape index (κ1) is 17.5. The average Bonchev–Trinajstić information content (AvgIpc) is 3.30. The summed E-state index contributed by atoms with van der Waals surface area (Å²) in [5.41, 5.74) is 0.615. The Labute approximate surface area is 152 Å². The molecule has 3 aliphatic heterocycles. The normalized spacial score (nSPS) is 33.8. The van der Waals surface area contributed by atoms with E-state index in [4.69, 9.17) is 14.2 Å². The predicted octanol–water partition coefficient (Wildman–Crippen LogP) is 0.766. The number of benzene rings is 1. The molecule has 3 saturated heterocycles. The monoisotopic (exact) mass is 363 g/mol. The number of carbonyl (C=O) groups is 1. The summed E-state index contributed by atoms with van der Waals surface area (Å²) in [5, 5.41) is 16.5. The topological polar surface area (TPSA) is 92.3 Å². The molecular formula is C18H25N3O5. The fourth-order valence-corrected chi connectivity index (χ4v) is 4.03. The molecule has 8 heteroatoms. The quantitative estimate of drug-likeness (QED) is 0.732. The highest BCUT2D eigenvalue weighted by Gasteiger charge is 2.52. The van der Waals surface area contributed by atoms with Gasteiger partial charge in [-0.25, -0.2) is 4.79 Å². The van der Waals surface area contributed by atoms with Gasteiger partial charge in [0.05, 0.1) is 31.9 Å². The second kappa shape index (κ2) is 7.40. The van der Waals surface area contributed by atoms with Gasteiger partial charge in [0.2, 0.25) is 0 Å². The Morgan fingerprint density at radius 3 is 2.92 bits per heavy atom. The number of urea groups is 1. The van der Waals surface area contributed by atoms with Gasteiger partial charge >= 0.3 is 6.03 Å². The number of rotatable bonds is 4. The maximum atomic E-state index is 12.4. The first-order valence-corrected chi connectivity index (χ1v) is 9.06. The van der Waals surface area contributed by atoms with E-state index in [1.54, 1.807) is 31.4 Å². The molecule has 2 amide bonds. The molecule has 8 nitrogen and oxygen atoms in total. The molecule has 0 radical (unpaired) electrons. The highest BCUT2D eigenvalue weighted by molar-refractivity contribution is 5.89. The molecule has 5 atom stereocenters. The van der Waals surface area contributed by atoms with Crippen molar-refractivity contribution < 1.29 is 24.1 Å². The minimum Gasteiger partial charge on any atom is -0.497 e. The van der Waals surface area contributed by atoms with Gasteiger partial charge in [0.25, 0.3) is 0 Å². The summed E-state index contributed by atoms with van der Waals surface area (Å²) < 4.78 is 16.8. The highest BCUT2D eigenvalue weighted by Crippen LogP contribution is 2.33. The van der Waals surface area contributed by atoms with E-state index in [1.165, 1.54) is 0 Å². The molecule has 0 saturated carbocycles. The summed E-state index contributed by atoms with van der Waals surface area (Å²) in [7, 11) is 1.57. The van der Waals surface area contributed by atoms with E-state index in [1.807, 2.05) is 0 Å². The van der Waals surface area contributed by atoms with Crippen LogP contribution in [0.1, 0.15) is 12.8 Å². The van der Waals surface area contributed by atoms with Gasteiger partial charge in [-0.2, -0.15) is 0 Å². The molecule has 3 aliphatic rings. The van der Waals surface area contributed by atoms with Crippen LogP contribution in [0.4, 0.5) is 10.5 Å². The van der Waals surface area contributed by atoms with Gasteiger partial charge in [0, 0.05) is 11.8 Å². The van der Waals surface area contributed by atoms with Crippen LogP contribution in [0.15, 0.2) is 24.3 Å². The summed E-state index contributed by atoms with van der Waals surface area (Å²) in [4.78, 5) is 14.6. The predicted molar refractivity (Wildman–Crippen MR) is 94.2 cm³/mol. The zero-order valence-corrected chi connectivity index (χ0v) is 14.8. The molecule has 3 N–H and O–H groups in total. The molecule has 142 valence electrons. The van der Waals surface area contributed by atoms with Gasteiger partial charge in [-0.1, -0.05) is 6.07 Å². The first-order valence-electron chi connectivity index (χ1n) is 9.06. The lowest BCUT2D eigenvalue weighted by Crippen LogP contribution is -2.65. The SMILES string of the molecule is COc1cccc(NC(=O)N[C@@H]2[C@H](O)[C@@H](N3CCCC3)[C@@H]3OC[C@@H]2O3)c1. The lowest BCUT2D eigenvalue weighted by Gasteiger charge is -2.42. The van der Waals surface area contributed by atoms with E-state index in [0.29, 0.717) is 18.0 Å². The lowest BCUT2D eigenvalue weighted by atomic mass is 9.95. The Balaban J connectivity index is 1.43. The van der Waals surface area contributed by atoms with Crippen molar-refractivity contribution in [3.63, 3.8) is 0 Å². The van der Waals surface area contributed by atoms with Crippen LogP contribution in [-0.2, 0) is 9.47 Å². The zero-order chi connectivity index (χ0) is 18.1. The number of carbonyl (C=O) groups excluding carboxylic acids is 1. The Bertz CT molecular complexity index is 649. The zero-order valence-electron chi connectivity index (χ0n) is 14.8. The van der Waals surface area contributed by atoms with Crippen LogP contribution in [0.2, 0.25) is 0 Å². The van der Waals surface area contributed by atoms with Crippen molar-refractivity contribution in [3.8, 4) is 5.75 Å².